The maximum atomic E-state index is 12.3. The van der Waals surface area contributed by atoms with Crippen molar-refractivity contribution in [1.29, 1.82) is 0 Å². The average molecular weight is 284 g/mol. The number of carbonyl (C=O) groups excluding carboxylic acids is 1. The molecule has 1 heterocycles. The van der Waals surface area contributed by atoms with Gasteiger partial charge in [0.15, 0.2) is 0 Å². The van der Waals surface area contributed by atoms with Crippen molar-refractivity contribution in [1.82, 2.24) is 9.80 Å². The van der Waals surface area contributed by atoms with Gasteiger partial charge in [-0.3, -0.25) is 0 Å². The standard InChI is InChI=1S/C15H28N2O3/c1-4-16(5-2)14(19)17-9-7-15(8-10-17)12(18)11-13(15)20-6-3/h12-13,18H,4-11H2,1-3H3/t12-,13+/m1/s1. The van der Waals surface area contributed by atoms with Crippen LogP contribution in [0.25, 0.3) is 0 Å². The molecule has 0 radical (unpaired) electrons. The Morgan fingerprint density at radius 3 is 2.35 bits per heavy atom. The van der Waals surface area contributed by atoms with Crippen molar-refractivity contribution in [2.24, 2.45) is 5.41 Å². The zero-order valence-electron chi connectivity index (χ0n) is 13.0. The Labute approximate surface area is 121 Å². The summed E-state index contributed by atoms with van der Waals surface area (Å²) in [5.74, 6) is 0. The molecule has 2 atom stereocenters. The lowest BCUT2D eigenvalue weighted by molar-refractivity contribution is -0.207. The summed E-state index contributed by atoms with van der Waals surface area (Å²) in [6.07, 6.45) is 2.37. The van der Waals surface area contributed by atoms with E-state index in [1.807, 2.05) is 30.6 Å². The fourth-order valence-corrected chi connectivity index (χ4v) is 3.63. The van der Waals surface area contributed by atoms with Crippen LogP contribution in [0.15, 0.2) is 0 Å². The molecule has 2 aliphatic rings. The third-order valence-corrected chi connectivity index (χ3v) is 5.11. The number of carbonyl (C=O) groups is 1. The Kier molecular flexibility index (Phi) is 4.91. The minimum atomic E-state index is -0.259. The number of nitrogens with zero attached hydrogens (tertiary/aromatic N) is 2. The SMILES string of the molecule is CCO[C@H]1C[C@@H](O)C12CCN(C(=O)N(CC)CC)CC2. The first kappa shape index (κ1) is 15.6. The number of aliphatic hydroxyl groups is 1. The van der Waals surface area contributed by atoms with Crippen LogP contribution in [0.5, 0.6) is 0 Å². The molecular formula is C15H28N2O3. The minimum Gasteiger partial charge on any atom is -0.392 e. The van der Waals surface area contributed by atoms with Crippen molar-refractivity contribution in [2.75, 3.05) is 32.8 Å². The van der Waals surface area contributed by atoms with Gasteiger partial charge in [-0.15, -0.1) is 0 Å². The van der Waals surface area contributed by atoms with Crippen LogP contribution >= 0.6 is 0 Å². The second-order valence-electron chi connectivity index (χ2n) is 5.87. The zero-order chi connectivity index (χ0) is 14.8. The van der Waals surface area contributed by atoms with Gasteiger partial charge in [0.05, 0.1) is 12.2 Å². The van der Waals surface area contributed by atoms with Crippen LogP contribution in [-0.2, 0) is 4.74 Å². The van der Waals surface area contributed by atoms with Crippen molar-refractivity contribution in [3.8, 4) is 0 Å². The summed E-state index contributed by atoms with van der Waals surface area (Å²) in [7, 11) is 0. The Bertz CT molecular complexity index is 334. The highest BCUT2D eigenvalue weighted by Gasteiger charge is 2.56. The minimum absolute atomic E-state index is 0.101. The summed E-state index contributed by atoms with van der Waals surface area (Å²) >= 11 is 0. The van der Waals surface area contributed by atoms with E-state index in [-0.39, 0.29) is 23.7 Å². The zero-order valence-corrected chi connectivity index (χ0v) is 13.0. The van der Waals surface area contributed by atoms with E-state index >= 15 is 0 Å². The first-order chi connectivity index (χ1) is 9.58. The normalized spacial score (nSPS) is 28.3. The molecule has 1 saturated carbocycles. The maximum Gasteiger partial charge on any atom is 0.319 e. The first-order valence-electron chi connectivity index (χ1n) is 7.92. The van der Waals surface area contributed by atoms with Crippen LogP contribution in [0.2, 0.25) is 0 Å². The van der Waals surface area contributed by atoms with Gasteiger partial charge in [-0.1, -0.05) is 0 Å². The van der Waals surface area contributed by atoms with Crippen molar-refractivity contribution in [2.45, 2.75) is 52.2 Å². The fourth-order valence-electron chi connectivity index (χ4n) is 3.63. The van der Waals surface area contributed by atoms with Gasteiger partial charge in [0, 0.05) is 44.6 Å². The summed E-state index contributed by atoms with van der Waals surface area (Å²) in [6.45, 7) is 9.67. The van der Waals surface area contributed by atoms with Crippen LogP contribution in [0.4, 0.5) is 4.79 Å². The van der Waals surface area contributed by atoms with Crippen LogP contribution < -0.4 is 0 Å². The van der Waals surface area contributed by atoms with Gasteiger partial charge in [0.2, 0.25) is 0 Å². The highest BCUT2D eigenvalue weighted by molar-refractivity contribution is 5.74. The predicted molar refractivity (Wildman–Crippen MR) is 77.6 cm³/mol. The smallest absolute Gasteiger partial charge is 0.319 e. The van der Waals surface area contributed by atoms with E-state index in [1.165, 1.54) is 0 Å². The van der Waals surface area contributed by atoms with E-state index in [2.05, 4.69) is 0 Å². The summed E-state index contributed by atoms with van der Waals surface area (Å²) in [5.41, 5.74) is -0.101. The number of urea groups is 1. The molecule has 1 spiro atoms. The molecule has 5 heteroatoms. The van der Waals surface area contributed by atoms with Crippen LogP contribution in [0, 0.1) is 5.41 Å². The summed E-state index contributed by atoms with van der Waals surface area (Å²) in [4.78, 5) is 16.1. The Morgan fingerprint density at radius 2 is 1.90 bits per heavy atom. The molecule has 0 unspecified atom stereocenters. The molecule has 2 amide bonds. The number of ether oxygens (including phenoxy) is 1. The van der Waals surface area contributed by atoms with Gasteiger partial charge < -0.3 is 19.6 Å². The Hall–Kier alpha value is -0.810. The lowest BCUT2D eigenvalue weighted by Gasteiger charge is -2.56. The number of hydrogen-bond donors (Lipinski definition) is 1. The molecule has 0 aromatic rings. The molecule has 116 valence electrons. The molecule has 1 aliphatic heterocycles. The van der Waals surface area contributed by atoms with Gasteiger partial charge in [0.1, 0.15) is 0 Å². The third kappa shape index (κ3) is 2.53. The Balaban J connectivity index is 1.93. The lowest BCUT2D eigenvalue weighted by Crippen LogP contribution is -2.63. The summed E-state index contributed by atoms with van der Waals surface area (Å²) in [6, 6.07) is 0.131. The molecule has 1 saturated heterocycles. The van der Waals surface area contributed by atoms with E-state index in [9.17, 15) is 9.90 Å². The van der Waals surface area contributed by atoms with E-state index in [4.69, 9.17) is 4.74 Å². The first-order valence-corrected chi connectivity index (χ1v) is 7.92. The molecule has 1 aliphatic carbocycles. The molecule has 0 aromatic carbocycles. The third-order valence-electron chi connectivity index (χ3n) is 5.11. The second kappa shape index (κ2) is 6.31. The molecule has 0 aromatic heterocycles. The van der Waals surface area contributed by atoms with Crippen molar-refractivity contribution >= 4 is 6.03 Å². The van der Waals surface area contributed by atoms with E-state index in [0.29, 0.717) is 6.61 Å². The molecule has 2 rings (SSSR count). The van der Waals surface area contributed by atoms with Gasteiger partial charge in [-0.05, 0) is 33.6 Å². The molecule has 20 heavy (non-hydrogen) atoms. The number of piperidine rings is 1. The van der Waals surface area contributed by atoms with Crippen molar-refractivity contribution < 1.29 is 14.6 Å². The van der Waals surface area contributed by atoms with E-state index < -0.39 is 0 Å². The number of likely N-dealkylation sites (tertiary alicyclic amines) is 1. The number of aliphatic hydroxyl groups excluding tert-OH is 1. The number of hydrogen-bond acceptors (Lipinski definition) is 3. The second-order valence-corrected chi connectivity index (χ2v) is 5.87. The van der Waals surface area contributed by atoms with Gasteiger partial charge in [-0.25, -0.2) is 4.79 Å². The van der Waals surface area contributed by atoms with Gasteiger partial charge >= 0.3 is 6.03 Å². The fraction of sp³-hybridized carbons (Fsp3) is 0.933. The van der Waals surface area contributed by atoms with Crippen LogP contribution in [0.1, 0.15) is 40.0 Å². The lowest BCUT2D eigenvalue weighted by atomic mass is 9.58. The molecule has 2 fully saturated rings. The Morgan fingerprint density at radius 1 is 1.30 bits per heavy atom. The molecule has 5 nitrogen and oxygen atoms in total. The predicted octanol–water partition coefficient (Wildman–Crippen LogP) is 1.70. The topological polar surface area (TPSA) is 53.0 Å². The largest absolute Gasteiger partial charge is 0.392 e. The number of amides is 2. The average Bonchev–Trinajstić information content (AvgIpc) is 2.48. The van der Waals surface area contributed by atoms with Crippen molar-refractivity contribution in [3.05, 3.63) is 0 Å². The molecular weight excluding hydrogens is 256 g/mol. The highest BCUT2D eigenvalue weighted by Crippen LogP contribution is 2.50. The summed E-state index contributed by atoms with van der Waals surface area (Å²) in [5, 5.41) is 10.2. The summed E-state index contributed by atoms with van der Waals surface area (Å²) < 4.78 is 5.75. The quantitative estimate of drug-likeness (QED) is 0.855. The van der Waals surface area contributed by atoms with Crippen molar-refractivity contribution in [3.63, 3.8) is 0 Å². The van der Waals surface area contributed by atoms with E-state index in [1.54, 1.807) is 0 Å². The highest BCUT2D eigenvalue weighted by atomic mass is 16.5. The maximum absolute atomic E-state index is 12.3. The number of rotatable bonds is 4. The monoisotopic (exact) mass is 284 g/mol. The van der Waals surface area contributed by atoms with E-state index in [0.717, 1.165) is 45.4 Å². The van der Waals surface area contributed by atoms with Crippen LogP contribution in [0.3, 0.4) is 0 Å². The van der Waals surface area contributed by atoms with Crippen LogP contribution in [-0.4, -0.2) is 65.9 Å². The van der Waals surface area contributed by atoms with Gasteiger partial charge in [0.25, 0.3) is 0 Å². The molecule has 1 N–H and O–H groups in total. The van der Waals surface area contributed by atoms with Gasteiger partial charge in [-0.2, -0.15) is 0 Å². The molecule has 0 bridgehead atoms.